The van der Waals surface area contributed by atoms with Crippen molar-refractivity contribution in [3.8, 4) is 16.9 Å². The van der Waals surface area contributed by atoms with Crippen LogP contribution in [0.5, 0.6) is 0 Å². The van der Waals surface area contributed by atoms with Gasteiger partial charge in [-0.1, -0.05) is 35.9 Å². The lowest BCUT2D eigenvalue weighted by atomic mass is 10.1. The van der Waals surface area contributed by atoms with E-state index in [0.29, 0.717) is 11.4 Å². The number of halogens is 1. The van der Waals surface area contributed by atoms with Crippen molar-refractivity contribution < 1.29 is 4.79 Å². The van der Waals surface area contributed by atoms with Crippen LogP contribution in [0.3, 0.4) is 0 Å². The zero-order chi connectivity index (χ0) is 15.1. The molecule has 0 saturated heterocycles. The molecule has 4 nitrogen and oxygen atoms in total. The minimum Gasteiger partial charge on any atom is -0.325 e. The van der Waals surface area contributed by atoms with Gasteiger partial charge in [0.25, 0.3) is 0 Å². The molecule has 1 amide bonds. The number of amides is 1. The molecule has 5 heteroatoms. The third-order valence-corrected chi connectivity index (χ3v) is 3.94. The fourth-order valence-electron chi connectivity index (χ4n) is 2.77. The Kier molecular flexibility index (Phi) is 2.98. The smallest absolute Gasteiger partial charge is 0.228 e. The summed E-state index contributed by atoms with van der Waals surface area (Å²) in [6.45, 7) is 0. The first-order valence-corrected chi connectivity index (χ1v) is 7.32. The average Bonchev–Trinajstić information content (AvgIpc) is 2.85. The summed E-state index contributed by atoms with van der Waals surface area (Å²) in [6, 6.07) is 15.3. The van der Waals surface area contributed by atoms with Gasteiger partial charge in [-0.2, -0.15) is 5.10 Å². The number of carbonyl (C=O) groups excluding carboxylic acids is 1. The summed E-state index contributed by atoms with van der Waals surface area (Å²) in [7, 11) is 0. The van der Waals surface area contributed by atoms with Crippen LogP contribution in [0.25, 0.3) is 16.9 Å². The summed E-state index contributed by atoms with van der Waals surface area (Å²) in [6.07, 6.45) is 2.06. The summed E-state index contributed by atoms with van der Waals surface area (Å²) in [5.41, 5.74) is 4.47. The molecule has 0 atom stereocenters. The van der Waals surface area contributed by atoms with Crippen molar-refractivity contribution in [2.24, 2.45) is 0 Å². The lowest BCUT2D eigenvalue weighted by Gasteiger charge is -2.11. The van der Waals surface area contributed by atoms with E-state index in [1.165, 1.54) is 0 Å². The van der Waals surface area contributed by atoms with Crippen molar-refractivity contribution in [3.05, 3.63) is 65.3 Å². The molecule has 1 aliphatic rings. The fraction of sp³-hybridized carbons (Fsp3) is 0.0588. The minimum atomic E-state index is -0.0307. The second-order valence-electron chi connectivity index (χ2n) is 5.18. The molecule has 0 bridgehead atoms. The standard InChI is InChI=1S/C17H12ClN3O/c18-12-4-3-5-13(9-12)21-17-11(10-19-21)8-16(22)20-15-7-2-1-6-14(15)17/h1-7,9-10H,8H2,(H,20,22). The quantitative estimate of drug-likeness (QED) is 0.745. The first kappa shape index (κ1) is 13.1. The number of nitrogens with zero attached hydrogens (tertiary/aromatic N) is 2. The lowest BCUT2D eigenvalue weighted by Crippen LogP contribution is -2.12. The number of rotatable bonds is 1. The van der Waals surface area contributed by atoms with Gasteiger partial charge < -0.3 is 5.32 Å². The number of hydrogen-bond acceptors (Lipinski definition) is 2. The summed E-state index contributed by atoms with van der Waals surface area (Å²) >= 11 is 6.09. The Hall–Kier alpha value is -2.59. The predicted octanol–water partition coefficient (Wildman–Crippen LogP) is 3.69. The van der Waals surface area contributed by atoms with E-state index in [-0.39, 0.29) is 5.91 Å². The van der Waals surface area contributed by atoms with Gasteiger partial charge in [-0.15, -0.1) is 0 Å². The Morgan fingerprint density at radius 2 is 2.00 bits per heavy atom. The molecule has 0 spiro atoms. The molecule has 2 heterocycles. The van der Waals surface area contributed by atoms with Gasteiger partial charge in [0.2, 0.25) is 5.91 Å². The number of para-hydroxylation sites is 1. The molecule has 1 N–H and O–H groups in total. The predicted molar refractivity (Wildman–Crippen MR) is 86.3 cm³/mol. The summed E-state index contributed by atoms with van der Waals surface area (Å²) < 4.78 is 1.83. The molecule has 4 rings (SSSR count). The molecule has 0 saturated carbocycles. The first-order valence-electron chi connectivity index (χ1n) is 6.94. The third-order valence-electron chi connectivity index (χ3n) is 3.71. The van der Waals surface area contributed by atoms with Crippen LogP contribution in [0.4, 0.5) is 5.69 Å². The molecule has 22 heavy (non-hydrogen) atoms. The van der Waals surface area contributed by atoms with Crippen LogP contribution in [-0.2, 0) is 11.2 Å². The maximum Gasteiger partial charge on any atom is 0.228 e. The number of fused-ring (bicyclic) bond motifs is 3. The Bertz CT molecular complexity index is 885. The maximum atomic E-state index is 12.0. The highest BCUT2D eigenvalue weighted by Gasteiger charge is 2.23. The van der Waals surface area contributed by atoms with Gasteiger partial charge in [-0.25, -0.2) is 4.68 Å². The molecule has 0 aliphatic carbocycles. The van der Waals surface area contributed by atoms with Crippen molar-refractivity contribution in [1.29, 1.82) is 0 Å². The van der Waals surface area contributed by atoms with Gasteiger partial charge in [0.1, 0.15) is 0 Å². The number of hydrogen-bond donors (Lipinski definition) is 1. The van der Waals surface area contributed by atoms with Crippen LogP contribution in [0.2, 0.25) is 5.02 Å². The zero-order valence-electron chi connectivity index (χ0n) is 11.6. The highest BCUT2D eigenvalue weighted by molar-refractivity contribution is 6.30. The van der Waals surface area contributed by atoms with Crippen molar-refractivity contribution in [1.82, 2.24) is 9.78 Å². The Morgan fingerprint density at radius 3 is 2.86 bits per heavy atom. The number of aromatic nitrogens is 2. The second kappa shape index (κ2) is 5.00. The number of anilines is 1. The van der Waals surface area contributed by atoms with E-state index in [2.05, 4.69) is 10.4 Å². The monoisotopic (exact) mass is 309 g/mol. The third kappa shape index (κ3) is 2.09. The zero-order valence-corrected chi connectivity index (χ0v) is 12.3. The highest BCUT2D eigenvalue weighted by atomic mass is 35.5. The van der Waals surface area contributed by atoms with Crippen LogP contribution >= 0.6 is 11.6 Å². The number of carbonyl (C=O) groups is 1. The van der Waals surface area contributed by atoms with Crippen molar-refractivity contribution in [2.45, 2.75) is 6.42 Å². The van der Waals surface area contributed by atoms with Crippen molar-refractivity contribution in [2.75, 3.05) is 5.32 Å². The lowest BCUT2D eigenvalue weighted by molar-refractivity contribution is -0.115. The van der Waals surface area contributed by atoms with Gasteiger partial charge >= 0.3 is 0 Å². The minimum absolute atomic E-state index is 0.0307. The topological polar surface area (TPSA) is 46.9 Å². The Balaban J connectivity index is 1.99. The van der Waals surface area contributed by atoms with Crippen LogP contribution in [0.15, 0.2) is 54.7 Å². The molecular formula is C17H12ClN3O. The normalized spacial score (nSPS) is 13.0. The second-order valence-corrected chi connectivity index (χ2v) is 5.62. The van der Waals surface area contributed by atoms with Gasteiger partial charge in [-0.05, 0) is 24.3 Å². The number of benzene rings is 2. The SMILES string of the molecule is O=C1Cc2cnn(-c3cccc(Cl)c3)c2-c2ccccc2N1. The Morgan fingerprint density at radius 1 is 1.14 bits per heavy atom. The van der Waals surface area contributed by atoms with Gasteiger partial charge in [-0.3, -0.25) is 4.79 Å². The molecule has 1 aromatic heterocycles. The summed E-state index contributed by atoms with van der Waals surface area (Å²) in [4.78, 5) is 12.0. The van der Waals surface area contributed by atoms with E-state index < -0.39 is 0 Å². The van der Waals surface area contributed by atoms with Crippen LogP contribution in [-0.4, -0.2) is 15.7 Å². The van der Waals surface area contributed by atoms with Crippen LogP contribution in [0.1, 0.15) is 5.56 Å². The van der Waals surface area contributed by atoms with Gasteiger partial charge in [0.05, 0.1) is 29.7 Å². The van der Waals surface area contributed by atoms with E-state index in [4.69, 9.17) is 11.6 Å². The first-order chi connectivity index (χ1) is 10.7. The van der Waals surface area contributed by atoms with Gasteiger partial charge in [0, 0.05) is 16.1 Å². The maximum absolute atomic E-state index is 12.0. The van der Waals surface area contributed by atoms with Crippen molar-refractivity contribution >= 4 is 23.2 Å². The van der Waals surface area contributed by atoms with E-state index in [1.54, 1.807) is 6.20 Å². The number of nitrogens with one attached hydrogen (secondary N) is 1. The van der Waals surface area contributed by atoms with E-state index in [1.807, 2.05) is 53.2 Å². The van der Waals surface area contributed by atoms with E-state index in [9.17, 15) is 4.79 Å². The molecule has 0 unspecified atom stereocenters. The average molecular weight is 310 g/mol. The summed E-state index contributed by atoms with van der Waals surface area (Å²) in [5.74, 6) is -0.0307. The van der Waals surface area contributed by atoms with E-state index >= 15 is 0 Å². The Labute approximate surface area is 132 Å². The molecule has 1 aliphatic heterocycles. The molecule has 3 aromatic rings. The molecule has 0 fully saturated rings. The largest absolute Gasteiger partial charge is 0.325 e. The van der Waals surface area contributed by atoms with Crippen LogP contribution < -0.4 is 5.32 Å². The van der Waals surface area contributed by atoms with E-state index in [0.717, 1.165) is 28.2 Å². The van der Waals surface area contributed by atoms with Gasteiger partial charge in [0.15, 0.2) is 0 Å². The van der Waals surface area contributed by atoms with Crippen LogP contribution in [0, 0.1) is 0 Å². The molecule has 108 valence electrons. The fourth-order valence-corrected chi connectivity index (χ4v) is 2.95. The summed E-state index contributed by atoms with van der Waals surface area (Å²) in [5, 5.41) is 8.05. The van der Waals surface area contributed by atoms with Crippen molar-refractivity contribution in [3.63, 3.8) is 0 Å². The molecule has 2 aromatic carbocycles. The molecule has 0 radical (unpaired) electrons. The highest BCUT2D eigenvalue weighted by Crippen LogP contribution is 2.35. The molecular weight excluding hydrogens is 298 g/mol.